The van der Waals surface area contributed by atoms with Crippen molar-refractivity contribution in [1.82, 2.24) is 15.5 Å². The molecule has 2 rings (SSSR count). The molecule has 1 N–H and O–H groups in total. The maximum absolute atomic E-state index is 13.1. The van der Waals surface area contributed by atoms with Gasteiger partial charge in [0.15, 0.2) is 0 Å². The van der Waals surface area contributed by atoms with Gasteiger partial charge in [-0.2, -0.15) is 0 Å². The zero-order valence-corrected chi connectivity index (χ0v) is 10.9. The number of halogens is 2. The number of benzene rings is 1. The van der Waals surface area contributed by atoms with E-state index in [0.717, 1.165) is 15.6 Å². The van der Waals surface area contributed by atoms with Crippen LogP contribution < -0.4 is 5.32 Å². The summed E-state index contributed by atoms with van der Waals surface area (Å²) in [6.45, 7) is 0.694. The molecule has 0 atom stereocenters. The Hall–Kier alpha value is -0.850. The molecule has 6 heteroatoms. The second kappa shape index (κ2) is 4.99. The van der Waals surface area contributed by atoms with Crippen molar-refractivity contribution in [2.75, 3.05) is 7.05 Å². The van der Waals surface area contributed by atoms with Crippen LogP contribution in [0.4, 0.5) is 4.39 Å². The molecule has 1 heterocycles. The molecule has 84 valence electrons. The molecule has 0 saturated heterocycles. The fourth-order valence-electron chi connectivity index (χ4n) is 1.22. The Bertz CT molecular complexity index is 501. The highest BCUT2D eigenvalue weighted by atomic mass is 79.9. The zero-order valence-electron chi connectivity index (χ0n) is 8.50. The average Bonchev–Trinajstić information content (AvgIpc) is 2.71. The third-order valence-electron chi connectivity index (χ3n) is 1.96. The highest BCUT2D eigenvalue weighted by Crippen LogP contribution is 2.27. The number of hydrogen-bond acceptors (Lipinski definition) is 4. The first-order valence-corrected chi connectivity index (χ1v) is 6.24. The van der Waals surface area contributed by atoms with E-state index < -0.39 is 0 Å². The lowest BCUT2D eigenvalue weighted by Gasteiger charge is -1.97. The Morgan fingerprint density at radius 2 is 2.25 bits per heavy atom. The van der Waals surface area contributed by atoms with E-state index in [1.54, 1.807) is 12.1 Å². The van der Waals surface area contributed by atoms with Crippen molar-refractivity contribution >= 4 is 27.3 Å². The molecule has 0 unspecified atom stereocenters. The summed E-state index contributed by atoms with van der Waals surface area (Å²) in [6.07, 6.45) is 0. The van der Waals surface area contributed by atoms with E-state index in [1.165, 1.54) is 17.4 Å². The molecule has 3 nitrogen and oxygen atoms in total. The molecule has 0 aliphatic heterocycles. The molecule has 0 saturated carbocycles. The van der Waals surface area contributed by atoms with Crippen molar-refractivity contribution in [2.45, 2.75) is 6.54 Å². The highest BCUT2D eigenvalue weighted by molar-refractivity contribution is 9.10. The summed E-state index contributed by atoms with van der Waals surface area (Å²) in [5, 5.41) is 12.8. The largest absolute Gasteiger partial charge is 0.313 e. The molecule has 0 spiro atoms. The molecule has 1 aromatic heterocycles. The molecule has 1 aromatic carbocycles. The second-order valence-electron chi connectivity index (χ2n) is 3.16. The standard InChI is InChI=1S/C10H9BrFN3S/c1-13-5-9-14-15-10(16-9)6-2-3-8(12)7(11)4-6/h2-4,13H,5H2,1H3. The van der Waals surface area contributed by atoms with Gasteiger partial charge in [0, 0.05) is 12.1 Å². The van der Waals surface area contributed by atoms with Crippen LogP contribution in [0.15, 0.2) is 22.7 Å². The van der Waals surface area contributed by atoms with Gasteiger partial charge in [-0.3, -0.25) is 0 Å². The van der Waals surface area contributed by atoms with Gasteiger partial charge in [-0.15, -0.1) is 10.2 Å². The smallest absolute Gasteiger partial charge is 0.147 e. The minimum Gasteiger partial charge on any atom is -0.313 e. The predicted octanol–water partition coefficient (Wildman–Crippen LogP) is 2.83. The fraction of sp³-hybridized carbons (Fsp3) is 0.200. The van der Waals surface area contributed by atoms with Crippen molar-refractivity contribution in [3.63, 3.8) is 0 Å². The quantitative estimate of drug-likeness (QED) is 0.947. The van der Waals surface area contributed by atoms with Gasteiger partial charge >= 0.3 is 0 Å². The summed E-state index contributed by atoms with van der Waals surface area (Å²) in [7, 11) is 1.86. The van der Waals surface area contributed by atoms with E-state index in [4.69, 9.17) is 0 Å². The fourth-order valence-corrected chi connectivity index (χ4v) is 2.45. The Kier molecular flexibility index (Phi) is 3.63. The van der Waals surface area contributed by atoms with E-state index in [-0.39, 0.29) is 5.82 Å². The van der Waals surface area contributed by atoms with Gasteiger partial charge in [-0.25, -0.2) is 4.39 Å². The van der Waals surface area contributed by atoms with Crippen LogP contribution in [0.1, 0.15) is 5.01 Å². The monoisotopic (exact) mass is 301 g/mol. The average molecular weight is 302 g/mol. The lowest BCUT2D eigenvalue weighted by molar-refractivity contribution is 0.621. The summed E-state index contributed by atoms with van der Waals surface area (Å²) in [6, 6.07) is 4.82. The van der Waals surface area contributed by atoms with E-state index in [9.17, 15) is 4.39 Å². The molecule has 16 heavy (non-hydrogen) atoms. The first kappa shape index (κ1) is 11.6. The Morgan fingerprint density at radius 3 is 2.94 bits per heavy atom. The van der Waals surface area contributed by atoms with Gasteiger partial charge in [0.2, 0.25) is 0 Å². The molecule has 0 radical (unpaired) electrons. The van der Waals surface area contributed by atoms with Crippen LogP contribution in [0.2, 0.25) is 0 Å². The number of hydrogen-bond donors (Lipinski definition) is 1. The molecule has 0 aliphatic carbocycles. The minimum absolute atomic E-state index is 0.274. The third kappa shape index (κ3) is 2.45. The van der Waals surface area contributed by atoms with Gasteiger partial charge in [0.05, 0.1) is 4.47 Å². The lowest BCUT2D eigenvalue weighted by atomic mass is 10.2. The van der Waals surface area contributed by atoms with Crippen molar-refractivity contribution < 1.29 is 4.39 Å². The minimum atomic E-state index is -0.274. The Labute approximate surface area is 105 Å². The normalized spacial score (nSPS) is 10.7. The van der Waals surface area contributed by atoms with Gasteiger partial charge in [-0.05, 0) is 41.2 Å². The van der Waals surface area contributed by atoms with Gasteiger partial charge in [0.25, 0.3) is 0 Å². The highest BCUT2D eigenvalue weighted by Gasteiger charge is 2.08. The lowest BCUT2D eigenvalue weighted by Crippen LogP contribution is -2.04. The second-order valence-corrected chi connectivity index (χ2v) is 5.08. The molecule has 0 fully saturated rings. The van der Waals surface area contributed by atoms with Crippen LogP contribution in [0, 0.1) is 5.82 Å². The van der Waals surface area contributed by atoms with Crippen LogP contribution in [0.3, 0.4) is 0 Å². The van der Waals surface area contributed by atoms with Crippen molar-refractivity contribution in [2.24, 2.45) is 0 Å². The number of rotatable bonds is 3. The first-order chi connectivity index (χ1) is 7.70. The summed E-state index contributed by atoms with van der Waals surface area (Å²) >= 11 is 4.65. The van der Waals surface area contributed by atoms with E-state index in [0.29, 0.717) is 11.0 Å². The first-order valence-electron chi connectivity index (χ1n) is 4.63. The van der Waals surface area contributed by atoms with Crippen molar-refractivity contribution in [3.05, 3.63) is 33.5 Å². The maximum Gasteiger partial charge on any atom is 0.147 e. The summed E-state index contributed by atoms with van der Waals surface area (Å²) in [5.74, 6) is -0.274. The SMILES string of the molecule is CNCc1nnc(-c2ccc(F)c(Br)c2)s1. The molecule has 0 bridgehead atoms. The molecule has 2 aromatic rings. The van der Waals surface area contributed by atoms with Crippen molar-refractivity contribution in [1.29, 1.82) is 0 Å². The van der Waals surface area contributed by atoms with Gasteiger partial charge in [-0.1, -0.05) is 11.3 Å². The van der Waals surface area contributed by atoms with Crippen LogP contribution in [0.25, 0.3) is 10.6 Å². The Morgan fingerprint density at radius 1 is 1.44 bits per heavy atom. The van der Waals surface area contributed by atoms with Crippen LogP contribution in [-0.2, 0) is 6.54 Å². The maximum atomic E-state index is 13.1. The summed E-state index contributed by atoms with van der Waals surface area (Å²) in [5.41, 5.74) is 0.869. The summed E-state index contributed by atoms with van der Waals surface area (Å²) < 4.78 is 13.5. The molecular formula is C10H9BrFN3S. The van der Waals surface area contributed by atoms with E-state index in [1.807, 2.05) is 7.05 Å². The van der Waals surface area contributed by atoms with Crippen LogP contribution >= 0.6 is 27.3 Å². The molecule has 0 aliphatic rings. The van der Waals surface area contributed by atoms with Crippen LogP contribution in [0.5, 0.6) is 0 Å². The predicted molar refractivity (Wildman–Crippen MR) is 65.8 cm³/mol. The Balaban J connectivity index is 2.31. The van der Waals surface area contributed by atoms with Gasteiger partial charge < -0.3 is 5.32 Å². The van der Waals surface area contributed by atoms with Crippen molar-refractivity contribution in [3.8, 4) is 10.6 Å². The molecule has 0 amide bonds. The third-order valence-corrected chi connectivity index (χ3v) is 3.54. The summed E-state index contributed by atoms with van der Waals surface area (Å²) in [4.78, 5) is 0. The number of aromatic nitrogens is 2. The zero-order chi connectivity index (χ0) is 11.5. The van der Waals surface area contributed by atoms with E-state index >= 15 is 0 Å². The number of nitrogens with zero attached hydrogens (tertiary/aromatic N) is 2. The van der Waals surface area contributed by atoms with Gasteiger partial charge in [0.1, 0.15) is 15.8 Å². The molecular weight excluding hydrogens is 293 g/mol. The number of nitrogens with one attached hydrogen (secondary N) is 1. The topological polar surface area (TPSA) is 37.8 Å². The van der Waals surface area contributed by atoms with Crippen LogP contribution in [-0.4, -0.2) is 17.2 Å². The van der Waals surface area contributed by atoms with E-state index in [2.05, 4.69) is 31.4 Å².